The number of furan rings is 1. The summed E-state index contributed by atoms with van der Waals surface area (Å²) in [4.78, 5) is 14.9. The van der Waals surface area contributed by atoms with Gasteiger partial charge in [-0.1, -0.05) is 24.3 Å². The third-order valence-corrected chi connectivity index (χ3v) is 3.74. The van der Waals surface area contributed by atoms with Gasteiger partial charge in [0, 0.05) is 17.0 Å². The molecule has 0 aliphatic carbocycles. The predicted octanol–water partition coefficient (Wildman–Crippen LogP) is 3.95. The maximum atomic E-state index is 12.0. The molecule has 4 rings (SSSR count). The van der Waals surface area contributed by atoms with Gasteiger partial charge in [0.25, 0.3) is 0 Å². The molecule has 4 nitrogen and oxygen atoms in total. The van der Waals surface area contributed by atoms with E-state index in [1.165, 1.54) is 0 Å². The summed E-state index contributed by atoms with van der Waals surface area (Å²) < 4.78 is 11.2. The molecule has 0 saturated heterocycles. The summed E-state index contributed by atoms with van der Waals surface area (Å²) in [6, 6.07) is 16.8. The molecule has 0 unspecified atom stereocenters. The van der Waals surface area contributed by atoms with Gasteiger partial charge in [0.05, 0.1) is 12.6 Å². The molecule has 0 atom stereocenters. The Morgan fingerprint density at radius 1 is 1.05 bits per heavy atom. The van der Waals surface area contributed by atoms with Gasteiger partial charge in [-0.2, -0.15) is 0 Å². The Hall–Kier alpha value is -3.01. The van der Waals surface area contributed by atoms with Crippen molar-refractivity contribution in [3.05, 3.63) is 65.0 Å². The fourth-order valence-electron chi connectivity index (χ4n) is 2.72. The maximum Gasteiger partial charge on any atom is 0.249 e. The highest BCUT2D eigenvalue weighted by Gasteiger charge is 2.14. The van der Waals surface area contributed by atoms with Gasteiger partial charge in [-0.15, -0.1) is 0 Å². The summed E-state index contributed by atoms with van der Waals surface area (Å²) in [5, 5.41) is 0.902. The lowest BCUT2D eigenvalue weighted by Gasteiger charge is -2.05. The second-order valence-electron chi connectivity index (χ2n) is 5.08. The molecule has 4 heteroatoms. The molecule has 0 saturated carbocycles. The molecule has 0 spiro atoms. The minimum absolute atomic E-state index is 0.156. The van der Waals surface area contributed by atoms with Crippen molar-refractivity contribution in [2.24, 2.45) is 0 Å². The zero-order chi connectivity index (χ0) is 15.1. The average molecular weight is 291 g/mol. The topological polar surface area (TPSA) is 55.2 Å². The van der Waals surface area contributed by atoms with Gasteiger partial charge in [0.1, 0.15) is 11.3 Å². The van der Waals surface area contributed by atoms with Crippen molar-refractivity contribution >= 4 is 22.1 Å². The van der Waals surface area contributed by atoms with Crippen molar-refractivity contribution < 1.29 is 9.15 Å². The summed E-state index contributed by atoms with van der Waals surface area (Å²) in [5.41, 5.74) is 3.64. The molecule has 1 N–H and O–H groups in total. The highest BCUT2D eigenvalue weighted by atomic mass is 16.5. The van der Waals surface area contributed by atoms with Crippen molar-refractivity contribution in [1.29, 1.82) is 0 Å². The number of H-pyrrole nitrogens is 1. The van der Waals surface area contributed by atoms with Crippen molar-refractivity contribution in [3.8, 4) is 16.9 Å². The molecular formula is C18H13NO3. The number of hydrogen-bond donors (Lipinski definition) is 1. The molecule has 0 amide bonds. The Morgan fingerprint density at radius 2 is 1.91 bits per heavy atom. The van der Waals surface area contributed by atoms with Crippen LogP contribution in [0.15, 0.2) is 63.8 Å². The van der Waals surface area contributed by atoms with E-state index in [0.717, 1.165) is 33.4 Å². The highest BCUT2D eigenvalue weighted by molar-refractivity contribution is 6.07. The summed E-state index contributed by atoms with van der Waals surface area (Å²) in [7, 11) is 1.62. The van der Waals surface area contributed by atoms with Crippen LogP contribution in [0.4, 0.5) is 0 Å². The number of para-hydroxylation sites is 1. The van der Waals surface area contributed by atoms with Crippen LogP contribution < -0.4 is 10.3 Å². The van der Waals surface area contributed by atoms with Crippen LogP contribution in [0.5, 0.6) is 5.75 Å². The van der Waals surface area contributed by atoms with Gasteiger partial charge in [-0.05, 0) is 29.8 Å². The Labute approximate surface area is 126 Å². The molecule has 0 fully saturated rings. The number of aromatic amines is 1. The number of pyridine rings is 1. The van der Waals surface area contributed by atoms with E-state index >= 15 is 0 Å². The molecule has 4 aromatic rings. The molecule has 22 heavy (non-hydrogen) atoms. The quantitative estimate of drug-likeness (QED) is 0.608. The number of rotatable bonds is 2. The van der Waals surface area contributed by atoms with Gasteiger partial charge in [0.15, 0.2) is 5.58 Å². The van der Waals surface area contributed by atoms with Crippen LogP contribution in [0.1, 0.15) is 0 Å². The number of nitrogens with one attached hydrogen (secondary N) is 1. The maximum absolute atomic E-state index is 12.0. The third-order valence-electron chi connectivity index (χ3n) is 3.74. The molecular weight excluding hydrogens is 278 g/mol. The zero-order valence-corrected chi connectivity index (χ0v) is 11.9. The predicted molar refractivity (Wildman–Crippen MR) is 86.3 cm³/mol. The molecule has 0 radical (unpaired) electrons. The summed E-state index contributed by atoms with van der Waals surface area (Å²) >= 11 is 0. The number of hydrogen-bond acceptors (Lipinski definition) is 3. The average Bonchev–Trinajstić information content (AvgIpc) is 2.93. The second-order valence-corrected chi connectivity index (χ2v) is 5.08. The first-order chi connectivity index (χ1) is 10.8. The first-order valence-electron chi connectivity index (χ1n) is 6.95. The normalized spacial score (nSPS) is 11.1. The van der Waals surface area contributed by atoms with Crippen LogP contribution in [0.3, 0.4) is 0 Å². The lowest BCUT2D eigenvalue weighted by Crippen LogP contribution is -2.03. The SMILES string of the molecule is COc1cccc(-c2cc(=O)[nH]c3c2oc2ccccc23)c1. The summed E-state index contributed by atoms with van der Waals surface area (Å²) in [5.74, 6) is 0.738. The third kappa shape index (κ3) is 1.89. The smallest absolute Gasteiger partial charge is 0.249 e. The molecule has 0 aliphatic heterocycles. The standard InChI is InChI=1S/C18H13NO3/c1-21-12-6-4-5-11(9-12)14-10-16(20)19-17-13-7-2-3-8-15(13)22-18(14)17/h2-10H,1H3,(H,19,20). The van der Waals surface area contributed by atoms with E-state index in [1.807, 2.05) is 48.5 Å². The van der Waals surface area contributed by atoms with E-state index < -0.39 is 0 Å². The molecule has 0 bridgehead atoms. The van der Waals surface area contributed by atoms with Crippen LogP contribution in [-0.2, 0) is 0 Å². The first-order valence-corrected chi connectivity index (χ1v) is 6.95. The largest absolute Gasteiger partial charge is 0.497 e. The van der Waals surface area contributed by atoms with Crippen molar-refractivity contribution in [2.45, 2.75) is 0 Å². The Balaban J connectivity index is 2.10. The Bertz CT molecular complexity index is 1040. The van der Waals surface area contributed by atoms with E-state index in [1.54, 1.807) is 13.2 Å². The van der Waals surface area contributed by atoms with E-state index in [2.05, 4.69) is 4.98 Å². The molecule has 108 valence electrons. The Morgan fingerprint density at radius 3 is 2.77 bits per heavy atom. The van der Waals surface area contributed by atoms with Crippen molar-refractivity contribution in [1.82, 2.24) is 4.98 Å². The number of aromatic nitrogens is 1. The van der Waals surface area contributed by atoms with Crippen LogP contribution >= 0.6 is 0 Å². The fraction of sp³-hybridized carbons (Fsp3) is 0.0556. The zero-order valence-electron chi connectivity index (χ0n) is 11.9. The number of fused-ring (bicyclic) bond motifs is 3. The van der Waals surface area contributed by atoms with E-state index in [0.29, 0.717) is 5.58 Å². The van der Waals surface area contributed by atoms with Gasteiger partial charge < -0.3 is 14.1 Å². The van der Waals surface area contributed by atoms with E-state index in [4.69, 9.17) is 9.15 Å². The molecule has 0 aliphatic rings. The number of benzene rings is 2. The van der Waals surface area contributed by atoms with Crippen LogP contribution in [0.2, 0.25) is 0 Å². The van der Waals surface area contributed by atoms with E-state index in [-0.39, 0.29) is 5.56 Å². The number of methoxy groups -OCH3 is 1. The first kappa shape index (κ1) is 12.7. The van der Waals surface area contributed by atoms with Crippen LogP contribution in [0.25, 0.3) is 33.2 Å². The minimum Gasteiger partial charge on any atom is -0.497 e. The monoisotopic (exact) mass is 291 g/mol. The second kappa shape index (κ2) is 4.77. The number of ether oxygens (including phenoxy) is 1. The molecule has 2 aromatic heterocycles. The van der Waals surface area contributed by atoms with Crippen molar-refractivity contribution in [2.75, 3.05) is 7.11 Å². The van der Waals surface area contributed by atoms with E-state index in [9.17, 15) is 4.79 Å². The Kier molecular flexibility index (Phi) is 2.76. The molecule has 2 heterocycles. The van der Waals surface area contributed by atoms with Gasteiger partial charge in [0.2, 0.25) is 5.56 Å². The lowest BCUT2D eigenvalue weighted by molar-refractivity contribution is 0.415. The minimum atomic E-state index is -0.156. The summed E-state index contributed by atoms with van der Waals surface area (Å²) in [6.07, 6.45) is 0. The van der Waals surface area contributed by atoms with Gasteiger partial charge in [-0.3, -0.25) is 4.79 Å². The van der Waals surface area contributed by atoms with Crippen LogP contribution in [-0.4, -0.2) is 12.1 Å². The van der Waals surface area contributed by atoms with Crippen LogP contribution in [0, 0.1) is 0 Å². The lowest BCUT2D eigenvalue weighted by atomic mass is 10.1. The van der Waals surface area contributed by atoms with Gasteiger partial charge in [-0.25, -0.2) is 0 Å². The van der Waals surface area contributed by atoms with Gasteiger partial charge >= 0.3 is 0 Å². The molecule has 2 aromatic carbocycles. The van der Waals surface area contributed by atoms with Crippen molar-refractivity contribution in [3.63, 3.8) is 0 Å². The highest BCUT2D eigenvalue weighted by Crippen LogP contribution is 2.34. The fourth-order valence-corrected chi connectivity index (χ4v) is 2.72. The summed E-state index contributed by atoms with van der Waals surface area (Å²) in [6.45, 7) is 0.